The Kier molecular flexibility index (Phi) is 5.20. The van der Waals surface area contributed by atoms with Gasteiger partial charge in [-0.1, -0.05) is 15.9 Å². The summed E-state index contributed by atoms with van der Waals surface area (Å²) in [5, 5.41) is 3.57. The zero-order chi connectivity index (χ0) is 18.2. The Balaban J connectivity index is 1.83. The number of halogens is 4. The molecule has 8 heteroatoms. The lowest BCUT2D eigenvalue weighted by atomic mass is 9.90. The number of anilines is 1. The molecule has 1 saturated carbocycles. The fraction of sp³-hybridized carbons (Fsp3) is 0.529. The number of fused-ring (bicyclic) bond motifs is 1. The van der Waals surface area contributed by atoms with Crippen molar-refractivity contribution in [2.75, 3.05) is 19.4 Å². The lowest BCUT2D eigenvalue weighted by molar-refractivity contribution is -0.136. The molecule has 3 rings (SSSR count). The number of nitrogens with zero attached hydrogens (tertiary/aromatic N) is 3. The second-order valence-corrected chi connectivity index (χ2v) is 7.61. The van der Waals surface area contributed by atoms with E-state index >= 15 is 0 Å². The first kappa shape index (κ1) is 18.4. The van der Waals surface area contributed by atoms with E-state index in [9.17, 15) is 13.2 Å². The number of aromatic nitrogens is 2. The van der Waals surface area contributed by atoms with Crippen molar-refractivity contribution in [2.24, 2.45) is 0 Å². The molecule has 1 aliphatic carbocycles. The van der Waals surface area contributed by atoms with Crippen molar-refractivity contribution >= 4 is 32.8 Å². The van der Waals surface area contributed by atoms with Crippen molar-refractivity contribution in [3.8, 4) is 0 Å². The maximum atomic E-state index is 13.3. The van der Waals surface area contributed by atoms with E-state index in [1.54, 1.807) is 6.07 Å². The first-order valence-electron chi connectivity index (χ1n) is 8.20. The van der Waals surface area contributed by atoms with E-state index in [4.69, 9.17) is 0 Å². The van der Waals surface area contributed by atoms with Gasteiger partial charge in [0, 0.05) is 28.1 Å². The summed E-state index contributed by atoms with van der Waals surface area (Å²) in [6.45, 7) is 0. The second-order valence-electron chi connectivity index (χ2n) is 6.70. The van der Waals surface area contributed by atoms with Crippen LogP contribution in [0.3, 0.4) is 0 Å². The zero-order valence-corrected chi connectivity index (χ0v) is 15.7. The van der Waals surface area contributed by atoms with E-state index in [0.717, 1.165) is 31.7 Å². The second kappa shape index (κ2) is 7.07. The van der Waals surface area contributed by atoms with Crippen molar-refractivity contribution in [1.82, 2.24) is 14.9 Å². The summed E-state index contributed by atoms with van der Waals surface area (Å²) >= 11 is 3.12. The minimum Gasteiger partial charge on any atom is -0.351 e. The summed E-state index contributed by atoms with van der Waals surface area (Å²) in [7, 11) is 4.14. The first-order chi connectivity index (χ1) is 11.7. The molecule has 25 heavy (non-hydrogen) atoms. The van der Waals surface area contributed by atoms with Crippen molar-refractivity contribution in [3.05, 3.63) is 28.4 Å². The lowest BCUT2D eigenvalue weighted by Gasteiger charge is -2.32. The molecule has 1 aliphatic rings. The van der Waals surface area contributed by atoms with E-state index in [1.165, 1.54) is 6.20 Å². The highest BCUT2D eigenvalue weighted by molar-refractivity contribution is 9.10. The topological polar surface area (TPSA) is 41.0 Å². The van der Waals surface area contributed by atoms with Gasteiger partial charge in [0.15, 0.2) is 0 Å². The molecule has 0 bridgehead atoms. The number of alkyl halides is 3. The Labute approximate surface area is 153 Å². The van der Waals surface area contributed by atoms with Crippen LogP contribution in [0.15, 0.2) is 22.8 Å². The highest BCUT2D eigenvalue weighted by atomic mass is 79.9. The predicted molar refractivity (Wildman–Crippen MR) is 95.6 cm³/mol. The molecule has 0 aliphatic heterocycles. The molecular weight excluding hydrogens is 397 g/mol. The minimum atomic E-state index is -4.46. The zero-order valence-electron chi connectivity index (χ0n) is 14.1. The van der Waals surface area contributed by atoms with Crippen molar-refractivity contribution < 1.29 is 13.2 Å². The van der Waals surface area contributed by atoms with Gasteiger partial charge in [-0.3, -0.25) is 0 Å². The number of benzene rings is 1. The van der Waals surface area contributed by atoms with Crippen LogP contribution in [0.4, 0.5) is 19.1 Å². The molecule has 2 aromatic rings. The van der Waals surface area contributed by atoms with Crippen molar-refractivity contribution in [3.63, 3.8) is 0 Å². The van der Waals surface area contributed by atoms with Crippen molar-refractivity contribution in [1.29, 1.82) is 0 Å². The largest absolute Gasteiger partial charge is 0.418 e. The Morgan fingerprint density at radius 3 is 2.44 bits per heavy atom. The standard InChI is InChI=1S/C17H20BrF3N4/c1-25(2)13-5-3-12(4-6-13)23-16-22-9-10-7-11(18)8-14(15(10)24-16)17(19,20)21/h7-9,12-13H,3-6H2,1-2H3,(H,22,23,24). The highest BCUT2D eigenvalue weighted by Gasteiger charge is 2.34. The molecule has 0 atom stereocenters. The van der Waals surface area contributed by atoms with Crippen LogP contribution in [-0.4, -0.2) is 41.0 Å². The third-order valence-electron chi connectivity index (χ3n) is 4.71. The Hall–Kier alpha value is -1.41. The van der Waals surface area contributed by atoms with Crippen LogP contribution < -0.4 is 5.32 Å². The van der Waals surface area contributed by atoms with E-state index in [1.807, 2.05) is 0 Å². The molecular formula is C17H20BrF3N4. The van der Waals surface area contributed by atoms with Crippen LogP contribution in [0.1, 0.15) is 31.2 Å². The van der Waals surface area contributed by atoms with Crippen LogP contribution in [0.2, 0.25) is 0 Å². The fourth-order valence-corrected chi connectivity index (χ4v) is 3.79. The molecule has 1 fully saturated rings. The number of nitrogens with one attached hydrogen (secondary N) is 1. The molecule has 4 nitrogen and oxygen atoms in total. The number of hydrogen-bond donors (Lipinski definition) is 1. The third-order valence-corrected chi connectivity index (χ3v) is 5.17. The number of rotatable bonds is 3. The molecule has 0 amide bonds. The summed E-state index contributed by atoms with van der Waals surface area (Å²) in [6.07, 6.45) is 0.999. The summed E-state index contributed by atoms with van der Waals surface area (Å²) in [5.74, 6) is 0.258. The predicted octanol–water partition coefficient (Wildman–Crippen LogP) is 4.70. The Morgan fingerprint density at radius 2 is 1.84 bits per heavy atom. The summed E-state index contributed by atoms with van der Waals surface area (Å²) < 4.78 is 40.3. The quantitative estimate of drug-likeness (QED) is 0.787. The van der Waals surface area contributed by atoms with Gasteiger partial charge in [0.05, 0.1) is 11.1 Å². The van der Waals surface area contributed by atoms with Gasteiger partial charge in [-0.2, -0.15) is 13.2 Å². The Bertz CT molecular complexity index is 755. The van der Waals surface area contributed by atoms with Gasteiger partial charge in [-0.05, 0) is 51.9 Å². The van der Waals surface area contributed by atoms with Gasteiger partial charge < -0.3 is 10.2 Å². The molecule has 1 heterocycles. The van der Waals surface area contributed by atoms with Gasteiger partial charge in [0.2, 0.25) is 5.95 Å². The smallest absolute Gasteiger partial charge is 0.351 e. The number of hydrogen-bond acceptors (Lipinski definition) is 4. The fourth-order valence-electron chi connectivity index (χ4n) is 3.31. The van der Waals surface area contributed by atoms with Gasteiger partial charge >= 0.3 is 6.18 Å². The van der Waals surface area contributed by atoms with E-state index in [-0.39, 0.29) is 17.5 Å². The normalized spacial score (nSPS) is 21.7. The monoisotopic (exact) mass is 416 g/mol. The summed E-state index contributed by atoms with van der Waals surface area (Å²) in [4.78, 5) is 10.6. The average molecular weight is 417 g/mol. The summed E-state index contributed by atoms with van der Waals surface area (Å²) in [5.41, 5.74) is -0.825. The maximum Gasteiger partial charge on any atom is 0.418 e. The van der Waals surface area contributed by atoms with Crippen LogP contribution in [-0.2, 0) is 6.18 Å². The molecule has 0 spiro atoms. The SMILES string of the molecule is CN(C)C1CCC(Nc2ncc3cc(Br)cc(C(F)(F)F)c3n2)CC1. The average Bonchev–Trinajstić information content (AvgIpc) is 2.54. The molecule has 0 saturated heterocycles. The first-order valence-corrected chi connectivity index (χ1v) is 9.00. The van der Waals surface area contributed by atoms with Gasteiger partial charge in [0.25, 0.3) is 0 Å². The third kappa shape index (κ3) is 4.23. The highest BCUT2D eigenvalue weighted by Crippen LogP contribution is 2.36. The van der Waals surface area contributed by atoms with E-state index < -0.39 is 11.7 Å². The Morgan fingerprint density at radius 1 is 1.16 bits per heavy atom. The van der Waals surface area contributed by atoms with Crippen LogP contribution in [0.5, 0.6) is 0 Å². The van der Waals surface area contributed by atoms with Crippen LogP contribution >= 0.6 is 15.9 Å². The lowest BCUT2D eigenvalue weighted by Crippen LogP contribution is -2.36. The minimum absolute atomic E-state index is 0.0739. The molecule has 1 aromatic carbocycles. The van der Waals surface area contributed by atoms with Gasteiger partial charge in [0.1, 0.15) is 0 Å². The van der Waals surface area contributed by atoms with Gasteiger partial charge in [-0.25, -0.2) is 9.97 Å². The molecule has 136 valence electrons. The maximum absolute atomic E-state index is 13.3. The van der Waals surface area contributed by atoms with Crippen LogP contribution in [0, 0.1) is 0 Å². The van der Waals surface area contributed by atoms with E-state index in [2.05, 4.69) is 50.2 Å². The van der Waals surface area contributed by atoms with Gasteiger partial charge in [-0.15, -0.1) is 0 Å². The van der Waals surface area contributed by atoms with E-state index in [0.29, 0.717) is 15.9 Å². The molecule has 1 N–H and O–H groups in total. The molecule has 0 radical (unpaired) electrons. The summed E-state index contributed by atoms with van der Waals surface area (Å²) in [6, 6.07) is 3.40. The molecule has 0 unspecified atom stereocenters. The van der Waals surface area contributed by atoms with Crippen LogP contribution in [0.25, 0.3) is 10.9 Å². The molecule has 1 aromatic heterocycles. The van der Waals surface area contributed by atoms with Crippen molar-refractivity contribution in [2.45, 2.75) is 43.9 Å².